The Bertz CT molecular complexity index is 1310. The average molecular weight is 366 g/mol. The molecule has 5 rings (SSSR count). The second-order valence-electron chi connectivity index (χ2n) is 6.56. The van der Waals surface area contributed by atoms with Gasteiger partial charge in [-0.3, -0.25) is 9.78 Å². The van der Waals surface area contributed by atoms with E-state index in [1.165, 1.54) is 24.3 Å². The van der Waals surface area contributed by atoms with Crippen LogP contribution in [0.4, 0.5) is 4.39 Å². The van der Waals surface area contributed by atoms with Gasteiger partial charge in [-0.15, -0.1) is 0 Å². The fourth-order valence-electron chi connectivity index (χ4n) is 4.01. The predicted octanol–water partition coefficient (Wildman–Crippen LogP) is 4.51. The third-order valence-corrected chi connectivity index (χ3v) is 5.10. The van der Waals surface area contributed by atoms with E-state index in [-0.39, 0.29) is 11.5 Å². The van der Waals surface area contributed by atoms with E-state index >= 15 is 0 Å². The van der Waals surface area contributed by atoms with Crippen molar-refractivity contribution in [3.05, 3.63) is 94.4 Å². The van der Waals surface area contributed by atoms with Gasteiger partial charge in [0, 0.05) is 40.1 Å². The van der Waals surface area contributed by atoms with E-state index in [9.17, 15) is 19.6 Å². The molecule has 2 aliphatic rings. The van der Waals surface area contributed by atoms with Crippen LogP contribution < -0.4 is 0 Å². The Morgan fingerprint density at radius 3 is 2.64 bits per heavy atom. The molecule has 0 atom stereocenters. The van der Waals surface area contributed by atoms with E-state index in [1.807, 2.05) is 12.1 Å². The van der Waals surface area contributed by atoms with Crippen LogP contribution in [0.15, 0.2) is 66.4 Å². The molecule has 1 heterocycles. The number of ketones is 1. The molecular formula is C23H11FN2O2. The van der Waals surface area contributed by atoms with Crippen molar-refractivity contribution >= 4 is 16.9 Å². The summed E-state index contributed by atoms with van der Waals surface area (Å²) in [4.78, 5) is 17.7. The summed E-state index contributed by atoms with van der Waals surface area (Å²) < 4.78 is 13.9. The lowest BCUT2D eigenvalue weighted by Crippen LogP contribution is -2.00. The zero-order chi connectivity index (χ0) is 19.4. The lowest BCUT2D eigenvalue weighted by Gasteiger charge is -2.08. The Labute approximate surface area is 159 Å². The number of carbonyl (C=O) groups is 1. The number of allylic oxidation sites excluding steroid dienone is 3. The number of hydrogen-bond donors (Lipinski definition) is 1. The first-order valence-corrected chi connectivity index (χ1v) is 8.59. The topological polar surface area (TPSA) is 74.0 Å². The van der Waals surface area contributed by atoms with Crippen molar-refractivity contribution in [2.75, 3.05) is 0 Å². The number of fused-ring (bicyclic) bond motifs is 4. The lowest BCUT2D eigenvalue weighted by atomic mass is 9.93. The van der Waals surface area contributed by atoms with Gasteiger partial charge in [0.25, 0.3) is 0 Å². The summed E-state index contributed by atoms with van der Waals surface area (Å²) in [7, 11) is 0. The minimum Gasteiger partial charge on any atom is -0.507 e. The molecule has 1 N–H and O–H groups in total. The molecule has 1 aromatic heterocycles. The molecule has 28 heavy (non-hydrogen) atoms. The lowest BCUT2D eigenvalue weighted by molar-refractivity contribution is 0.104. The van der Waals surface area contributed by atoms with Gasteiger partial charge in [0.15, 0.2) is 5.78 Å². The largest absolute Gasteiger partial charge is 0.507 e. The first-order valence-electron chi connectivity index (χ1n) is 8.59. The van der Waals surface area contributed by atoms with Crippen LogP contribution in [-0.2, 0) is 0 Å². The number of phenols is 1. The number of nitrogens with zero attached hydrogens (tertiary/aromatic N) is 2. The zero-order valence-electron chi connectivity index (χ0n) is 14.4. The SMILES string of the molecule is N#C/C=C1/C(=C2/c3cccnc3-c3c(O)cccc32)C(=O)c2ccc(F)cc21. The first-order chi connectivity index (χ1) is 13.6. The number of aromatic nitrogens is 1. The summed E-state index contributed by atoms with van der Waals surface area (Å²) in [5.74, 6) is -0.696. The van der Waals surface area contributed by atoms with Gasteiger partial charge in [0.2, 0.25) is 0 Å². The molecule has 0 bridgehead atoms. The van der Waals surface area contributed by atoms with Crippen molar-refractivity contribution in [2.45, 2.75) is 0 Å². The molecule has 0 aliphatic heterocycles. The van der Waals surface area contributed by atoms with Crippen molar-refractivity contribution in [3.63, 3.8) is 0 Å². The van der Waals surface area contributed by atoms with E-state index in [1.54, 1.807) is 30.5 Å². The Balaban J connectivity index is 1.93. The summed E-state index contributed by atoms with van der Waals surface area (Å²) in [5.41, 5.74) is 4.52. The molecule has 0 fully saturated rings. The van der Waals surface area contributed by atoms with Crippen molar-refractivity contribution < 1.29 is 14.3 Å². The monoisotopic (exact) mass is 366 g/mol. The van der Waals surface area contributed by atoms with Gasteiger partial charge in [-0.2, -0.15) is 5.26 Å². The maximum Gasteiger partial charge on any atom is 0.194 e. The number of hydrogen-bond acceptors (Lipinski definition) is 4. The van der Waals surface area contributed by atoms with Gasteiger partial charge < -0.3 is 5.11 Å². The number of benzene rings is 2. The fourth-order valence-corrected chi connectivity index (χ4v) is 4.01. The second kappa shape index (κ2) is 5.73. The highest BCUT2D eigenvalue weighted by Crippen LogP contribution is 2.52. The average Bonchev–Trinajstić information content (AvgIpc) is 3.15. The highest BCUT2D eigenvalue weighted by atomic mass is 19.1. The molecule has 0 saturated heterocycles. The first kappa shape index (κ1) is 16.2. The van der Waals surface area contributed by atoms with Crippen molar-refractivity contribution in [1.82, 2.24) is 4.98 Å². The molecule has 4 nitrogen and oxygen atoms in total. The summed E-state index contributed by atoms with van der Waals surface area (Å²) in [6.45, 7) is 0. The maximum atomic E-state index is 13.9. The number of Topliss-reactive ketones (excluding diaryl/α,β-unsaturated/α-hetero) is 1. The minimum atomic E-state index is -0.479. The number of aromatic hydroxyl groups is 1. The highest BCUT2D eigenvalue weighted by Gasteiger charge is 2.37. The van der Waals surface area contributed by atoms with Crippen LogP contribution >= 0.6 is 0 Å². The molecule has 0 unspecified atom stereocenters. The van der Waals surface area contributed by atoms with Gasteiger partial charge >= 0.3 is 0 Å². The van der Waals surface area contributed by atoms with Crippen molar-refractivity contribution in [1.29, 1.82) is 5.26 Å². The third kappa shape index (κ3) is 2.03. The van der Waals surface area contributed by atoms with Crippen LogP contribution in [0.5, 0.6) is 5.75 Å². The third-order valence-electron chi connectivity index (χ3n) is 5.10. The number of halogens is 1. The predicted molar refractivity (Wildman–Crippen MR) is 102 cm³/mol. The quantitative estimate of drug-likeness (QED) is 0.367. The van der Waals surface area contributed by atoms with Gasteiger partial charge in [-0.05, 0) is 41.5 Å². The molecule has 0 saturated carbocycles. The van der Waals surface area contributed by atoms with Gasteiger partial charge in [-0.1, -0.05) is 18.2 Å². The molecule has 132 valence electrons. The molecule has 3 aromatic rings. The fraction of sp³-hybridized carbons (Fsp3) is 0. The molecule has 2 aliphatic carbocycles. The van der Waals surface area contributed by atoms with E-state index in [4.69, 9.17) is 0 Å². The standard InChI is InChI=1S/C23H11FN2O2/c24-12-6-7-14-17(11-12)13(8-9-25)21(23(14)28)19-15-3-1-5-18(27)20(15)22-16(19)4-2-10-26-22/h1-8,10-11,27H/b13-8+,21-19-. The number of rotatable bonds is 0. The molecule has 0 radical (unpaired) electrons. The maximum absolute atomic E-state index is 13.9. The van der Waals surface area contributed by atoms with Crippen molar-refractivity contribution in [2.24, 2.45) is 0 Å². The summed E-state index contributed by atoms with van der Waals surface area (Å²) in [6.07, 6.45) is 2.89. The molecule has 2 aromatic carbocycles. The van der Waals surface area contributed by atoms with E-state index in [0.29, 0.717) is 50.2 Å². The smallest absolute Gasteiger partial charge is 0.194 e. The van der Waals surface area contributed by atoms with Crippen LogP contribution in [0.2, 0.25) is 0 Å². The van der Waals surface area contributed by atoms with Gasteiger partial charge in [0.1, 0.15) is 11.6 Å². The zero-order valence-corrected chi connectivity index (χ0v) is 14.4. The second-order valence-corrected chi connectivity index (χ2v) is 6.56. The van der Waals surface area contributed by atoms with Gasteiger partial charge in [0.05, 0.1) is 17.3 Å². The Kier molecular flexibility index (Phi) is 3.31. The molecular weight excluding hydrogens is 355 g/mol. The molecule has 0 spiro atoms. The van der Waals surface area contributed by atoms with Crippen LogP contribution in [0.1, 0.15) is 27.0 Å². The summed E-state index contributed by atoms with van der Waals surface area (Å²) in [6, 6.07) is 14.6. The van der Waals surface area contributed by atoms with Crippen LogP contribution in [0.3, 0.4) is 0 Å². The van der Waals surface area contributed by atoms with Crippen LogP contribution in [-0.4, -0.2) is 15.9 Å². The highest BCUT2D eigenvalue weighted by molar-refractivity contribution is 6.32. The van der Waals surface area contributed by atoms with Gasteiger partial charge in [-0.25, -0.2) is 4.39 Å². The Morgan fingerprint density at radius 2 is 1.82 bits per heavy atom. The Hall–Kier alpha value is -4.04. The Morgan fingerprint density at radius 1 is 1.00 bits per heavy atom. The normalized spacial score (nSPS) is 18.0. The number of pyridine rings is 1. The van der Waals surface area contributed by atoms with E-state index in [0.717, 1.165) is 0 Å². The van der Waals surface area contributed by atoms with E-state index < -0.39 is 5.82 Å². The molecule has 0 amide bonds. The van der Waals surface area contributed by atoms with Crippen LogP contribution in [0.25, 0.3) is 22.4 Å². The number of carbonyl (C=O) groups excluding carboxylic acids is 1. The summed E-state index contributed by atoms with van der Waals surface area (Å²) in [5, 5.41) is 19.7. The van der Waals surface area contributed by atoms with Crippen molar-refractivity contribution in [3.8, 4) is 23.1 Å². The number of nitriles is 1. The van der Waals surface area contributed by atoms with E-state index in [2.05, 4.69) is 4.98 Å². The number of phenolic OH excluding ortho intramolecular Hbond substituents is 1. The molecule has 5 heteroatoms. The summed E-state index contributed by atoms with van der Waals surface area (Å²) >= 11 is 0. The minimum absolute atomic E-state index is 0.0628. The van der Waals surface area contributed by atoms with Crippen LogP contribution in [0, 0.1) is 17.1 Å².